The summed E-state index contributed by atoms with van der Waals surface area (Å²) in [6.07, 6.45) is 3.42. The third-order valence-corrected chi connectivity index (χ3v) is 4.26. The quantitative estimate of drug-likeness (QED) is 0.672. The van der Waals surface area contributed by atoms with Crippen LogP contribution in [0.15, 0.2) is 54.9 Å². The first-order valence-electron chi connectivity index (χ1n) is 8.60. The van der Waals surface area contributed by atoms with Crippen LogP contribution in [0, 0.1) is 0 Å². The zero-order chi connectivity index (χ0) is 19.2. The van der Waals surface area contributed by atoms with Crippen LogP contribution in [-0.2, 0) is 0 Å². The van der Waals surface area contributed by atoms with Gasteiger partial charge in [0.25, 0.3) is 0 Å². The molecule has 3 rings (SSSR count). The number of anilines is 1. The summed E-state index contributed by atoms with van der Waals surface area (Å²) < 4.78 is 16.2. The minimum absolute atomic E-state index is 0.107. The molecule has 27 heavy (non-hydrogen) atoms. The van der Waals surface area contributed by atoms with E-state index in [4.69, 9.17) is 14.2 Å². The van der Waals surface area contributed by atoms with Crippen LogP contribution in [0.5, 0.6) is 17.2 Å². The van der Waals surface area contributed by atoms with Gasteiger partial charge >= 0.3 is 0 Å². The number of rotatable bonds is 7. The van der Waals surface area contributed by atoms with E-state index in [9.17, 15) is 0 Å². The molecule has 0 fully saturated rings. The molecule has 2 aromatic carbocycles. The lowest BCUT2D eigenvalue weighted by atomic mass is 10.1. The van der Waals surface area contributed by atoms with E-state index in [1.54, 1.807) is 33.7 Å². The van der Waals surface area contributed by atoms with Gasteiger partial charge in [-0.05, 0) is 24.6 Å². The summed E-state index contributed by atoms with van der Waals surface area (Å²) in [7, 11) is 4.76. The highest BCUT2D eigenvalue weighted by Gasteiger charge is 2.15. The summed E-state index contributed by atoms with van der Waals surface area (Å²) in [5, 5.41) is 3.39. The van der Waals surface area contributed by atoms with Crippen LogP contribution in [0.1, 0.15) is 18.5 Å². The van der Waals surface area contributed by atoms with Crippen LogP contribution in [0.3, 0.4) is 0 Å². The van der Waals surface area contributed by atoms with Crippen molar-refractivity contribution < 1.29 is 14.2 Å². The Hall–Kier alpha value is -3.28. The number of hydrogen-bond acceptors (Lipinski definition) is 6. The summed E-state index contributed by atoms with van der Waals surface area (Å²) in [6.45, 7) is 2.09. The van der Waals surface area contributed by atoms with Crippen molar-refractivity contribution in [3.8, 4) is 28.5 Å². The SMILES string of the molecule is COc1cc(-c2cncc(N[C@H](C)c3ccccc3)n2)cc(OC)c1OC. The highest BCUT2D eigenvalue weighted by molar-refractivity contribution is 5.69. The highest BCUT2D eigenvalue weighted by Crippen LogP contribution is 2.40. The average molecular weight is 365 g/mol. The maximum absolute atomic E-state index is 5.42. The highest BCUT2D eigenvalue weighted by atomic mass is 16.5. The first-order chi connectivity index (χ1) is 13.2. The predicted molar refractivity (Wildman–Crippen MR) is 106 cm³/mol. The van der Waals surface area contributed by atoms with Gasteiger partial charge in [0.05, 0.1) is 39.4 Å². The van der Waals surface area contributed by atoms with Crippen molar-refractivity contribution in [2.75, 3.05) is 26.6 Å². The Morgan fingerprint density at radius 2 is 1.56 bits per heavy atom. The molecule has 3 aromatic rings. The van der Waals surface area contributed by atoms with E-state index in [2.05, 4.69) is 34.3 Å². The Kier molecular flexibility index (Phi) is 5.76. The smallest absolute Gasteiger partial charge is 0.203 e. The van der Waals surface area contributed by atoms with E-state index < -0.39 is 0 Å². The molecule has 0 unspecified atom stereocenters. The Bertz CT molecular complexity index is 875. The maximum Gasteiger partial charge on any atom is 0.203 e. The zero-order valence-corrected chi connectivity index (χ0v) is 15.9. The first kappa shape index (κ1) is 18.5. The van der Waals surface area contributed by atoms with E-state index in [0.717, 1.165) is 5.56 Å². The molecule has 1 N–H and O–H groups in total. The van der Waals surface area contributed by atoms with Crippen molar-refractivity contribution in [1.29, 1.82) is 0 Å². The van der Waals surface area contributed by atoms with E-state index in [1.165, 1.54) is 5.56 Å². The molecule has 0 aliphatic rings. The summed E-state index contributed by atoms with van der Waals surface area (Å²) in [5.41, 5.74) is 2.71. The monoisotopic (exact) mass is 365 g/mol. The van der Waals surface area contributed by atoms with Crippen LogP contribution < -0.4 is 19.5 Å². The number of methoxy groups -OCH3 is 3. The van der Waals surface area contributed by atoms with Gasteiger partial charge in [0.1, 0.15) is 5.82 Å². The van der Waals surface area contributed by atoms with Gasteiger partial charge in [-0.1, -0.05) is 30.3 Å². The van der Waals surface area contributed by atoms with Crippen molar-refractivity contribution >= 4 is 5.82 Å². The van der Waals surface area contributed by atoms with Gasteiger partial charge in [-0.3, -0.25) is 4.98 Å². The van der Waals surface area contributed by atoms with Crippen LogP contribution in [0.25, 0.3) is 11.3 Å². The van der Waals surface area contributed by atoms with Crippen molar-refractivity contribution in [2.45, 2.75) is 13.0 Å². The number of nitrogens with one attached hydrogen (secondary N) is 1. The number of benzene rings is 2. The van der Waals surface area contributed by atoms with Gasteiger partial charge in [-0.15, -0.1) is 0 Å². The van der Waals surface area contributed by atoms with Crippen LogP contribution in [-0.4, -0.2) is 31.3 Å². The summed E-state index contributed by atoms with van der Waals surface area (Å²) in [5.74, 6) is 2.38. The Morgan fingerprint density at radius 3 is 2.15 bits per heavy atom. The van der Waals surface area contributed by atoms with E-state index in [1.807, 2.05) is 30.3 Å². The third-order valence-electron chi connectivity index (χ3n) is 4.26. The lowest BCUT2D eigenvalue weighted by Gasteiger charge is -2.16. The van der Waals surface area contributed by atoms with Gasteiger partial charge in [-0.25, -0.2) is 4.98 Å². The number of nitrogens with zero attached hydrogens (tertiary/aromatic N) is 2. The molecule has 0 spiro atoms. The minimum atomic E-state index is 0.107. The molecule has 6 heteroatoms. The third kappa shape index (κ3) is 4.11. The Morgan fingerprint density at radius 1 is 0.889 bits per heavy atom. The minimum Gasteiger partial charge on any atom is -0.493 e. The van der Waals surface area contributed by atoms with Crippen molar-refractivity contribution in [2.24, 2.45) is 0 Å². The molecule has 0 amide bonds. The Labute approximate surface area is 159 Å². The Balaban J connectivity index is 1.91. The first-order valence-corrected chi connectivity index (χ1v) is 8.60. The van der Waals surface area contributed by atoms with Crippen molar-refractivity contribution in [1.82, 2.24) is 9.97 Å². The molecule has 1 atom stereocenters. The molecule has 0 aliphatic heterocycles. The summed E-state index contributed by atoms with van der Waals surface area (Å²) in [4.78, 5) is 9.01. The molecule has 6 nitrogen and oxygen atoms in total. The van der Waals surface area contributed by atoms with Crippen LogP contribution >= 0.6 is 0 Å². The van der Waals surface area contributed by atoms with Crippen molar-refractivity contribution in [3.63, 3.8) is 0 Å². The van der Waals surface area contributed by atoms with Gasteiger partial charge in [0.2, 0.25) is 5.75 Å². The fourth-order valence-corrected chi connectivity index (χ4v) is 2.85. The van der Waals surface area contributed by atoms with Crippen LogP contribution in [0.2, 0.25) is 0 Å². The average Bonchev–Trinajstić information content (AvgIpc) is 2.73. The topological polar surface area (TPSA) is 65.5 Å². The van der Waals surface area contributed by atoms with E-state index in [0.29, 0.717) is 28.8 Å². The van der Waals surface area contributed by atoms with Gasteiger partial charge in [0, 0.05) is 11.6 Å². The largest absolute Gasteiger partial charge is 0.493 e. The number of hydrogen-bond donors (Lipinski definition) is 1. The lowest BCUT2D eigenvalue weighted by molar-refractivity contribution is 0.324. The van der Waals surface area contributed by atoms with Gasteiger partial charge in [-0.2, -0.15) is 0 Å². The van der Waals surface area contributed by atoms with Gasteiger partial charge in [0.15, 0.2) is 11.5 Å². The fraction of sp³-hybridized carbons (Fsp3) is 0.238. The lowest BCUT2D eigenvalue weighted by Crippen LogP contribution is -2.08. The maximum atomic E-state index is 5.42. The second-order valence-corrected chi connectivity index (χ2v) is 5.98. The molecule has 0 bridgehead atoms. The molecule has 0 saturated carbocycles. The van der Waals surface area contributed by atoms with E-state index >= 15 is 0 Å². The second kappa shape index (κ2) is 8.40. The number of ether oxygens (including phenoxy) is 3. The summed E-state index contributed by atoms with van der Waals surface area (Å²) in [6, 6.07) is 14.0. The summed E-state index contributed by atoms with van der Waals surface area (Å²) >= 11 is 0. The molecule has 0 saturated heterocycles. The van der Waals surface area contributed by atoms with Crippen LogP contribution in [0.4, 0.5) is 5.82 Å². The normalized spacial score (nSPS) is 11.6. The van der Waals surface area contributed by atoms with E-state index in [-0.39, 0.29) is 6.04 Å². The molecule has 140 valence electrons. The zero-order valence-electron chi connectivity index (χ0n) is 15.9. The molecule has 1 aromatic heterocycles. The molecular weight excluding hydrogens is 342 g/mol. The molecular formula is C21H23N3O3. The standard InChI is InChI=1S/C21H23N3O3/c1-14(15-8-6-5-7-9-15)23-20-13-22-12-17(24-20)16-10-18(25-2)21(27-4)19(11-16)26-3/h5-14H,1-4H3,(H,23,24)/t14-/m1/s1. The second-order valence-electron chi connectivity index (χ2n) is 5.98. The predicted octanol–water partition coefficient (Wildman–Crippen LogP) is 4.34. The van der Waals surface area contributed by atoms with Gasteiger partial charge < -0.3 is 19.5 Å². The van der Waals surface area contributed by atoms with Crippen molar-refractivity contribution in [3.05, 3.63) is 60.4 Å². The molecule has 0 aliphatic carbocycles. The fourth-order valence-electron chi connectivity index (χ4n) is 2.85. The molecule has 0 radical (unpaired) electrons. The molecule has 1 heterocycles. The number of aromatic nitrogens is 2.